The Morgan fingerprint density at radius 1 is 1.18 bits per heavy atom. The van der Waals surface area contributed by atoms with Crippen molar-refractivity contribution in [3.05, 3.63) is 47.7 Å². The van der Waals surface area contributed by atoms with Crippen LogP contribution in [0.1, 0.15) is 16.1 Å². The van der Waals surface area contributed by atoms with Gasteiger partial charge in [0.25, 0.3) is 0 Å². The molecule has 0 atom stereocenters. The van der Waals surface area contributed by atoms with E-state index in [-0.39, 0.29) is 5.56 Å². The van der Waals surface area contributed by atoms with Crippen molar-refractivity contribution < 1.29 is 14.3 Å². The summed E-state index contributed by atoms with van der Waals surface area (Å²) in [7, 11) is 0. The van der Waals surface area contributed by atoms with Gasteiger partial charge in [-0.15, -0.1) is 0 Å². The highest BCUT2D eigenvalue weighted by molar-refractivity contribution is 6.15. The SMILES string of the molecule is Cc1oc2ccc3ccccc3c2c1C(=O)O. The Labute approximate surface area is 97.3 Å². The molecule has 3 heteroatoms. The van der Waals surface area contributed by atoms with Crippen molar-refractivity contribution in [1.29, 1.82) is 0 Å². The fourth-order valence-electron chi connectivity index (χ4n) is 2.24. The van der Waals surface area contributed by atoms with Crippen LogP contribution in [0.25, 0.3) is 21.7 Å². The van der Waals surface area contributed by atoms with E-state index in [1.54, 1.807) is 6.92 Å². The van der Waals surface area contributed by atoms with Gasteiger partial charge in [0.2, 0.25) is 0 Å². The normalized spacial score (nSPS) is 11.1. The number of fused-ring (bicyclic) bond motifs is 3. The van der Waals surface area contributed by atoms with E-state index in [1.807, 2.05) is 36.4 Å². The summed E-state index contributed by atoms with van der Waals surface area (Å²) in [6.45, 7) is 1.68. The largest absolute Gasteiger partial charge is 0.478 e. The van der Waals surface area contributed by atoms with E-state index in [1.165, 1.54) is 0 Å². The summed E-state index contributed by atoms with van der Waals surface area (Å²) in [5.41, 5.74) is 0.885. The summed E-state index contributed by atoms with van der Waals surface area (Å²) in [6.07, 6.45) is 0. The topological polar surface area (TPSA) is 50.4 Å². The minimum absolute atomic E-state index is 0.261. The maximum atomic E-state index is 11.3. The number of aromatic carboxylic acids is 1. The zero-order valence-electron chi connectivity index (χ0n) is 9.23. The van der Waals surface area contributed by atoms with Crippen molar-refractivity contribution in [2.45, 2.75) is 6.92 Å². The highest BCUT2D eigenvalue weighted by Gasteiger charge is 2.18. The Bertz CT molecular complexity index is 738. The first-order valence-electron chi connectivity index (χ1n) is 5.32. The zero-order valence-corrected chi connectivity index (χ0v) is 9.23. The van der Waals surface area contributed by atoms with Crippen molar-refractivity contribution in [2.24, 2.45) is 0 Å². The Morgan fingerprint density at radius 2 is 1.94 bits per heavy atom. The van der Waals surface area contributed by atoms with Gasteiger partial charge in [0.15, 0.2) is 0 Å². The highest BCUT2D eigenvalue weighted by atomic mass is 16.4. The van der Waals surface area contributed by atoms with Gasteiger partial charge in [0, 0.05) is 5.39 Å². The lowest BCUT2D eigenvalue weighted by Crippen LogP contribution is -1.96. The standard InChI is InChI=1S/C14H10O3/c1-8-12(14(15)16)13-10-5-3-2-4-9(10)6-7-11(13)17-8/h2-7H,1H3,(H,15,16). The number of carboxylic acids is 1. The molecule has 17 heavy (non-hydrogen) atoms. The molecule has 1 aromatic heterocycles. The lowest BCUT2D eigenvalue weighted by molar-refractivity contribution is 0.0697. The molecule has 0 saturated heterocycles. The Morgan fingerprint density at radius 3 is 2.71 bits per heavy atom. The van der Waals surface area contributed by atoms with Crippen LogP contribution in [0.5, 0.6) is 0 Å². The monoisotopic (exact) mass is 226 g/mol. The number of hydrogen-bond donors (Lipinski definition) is 1. The van der Waals surface area contributed by atoms with Gasteiger partial charge in [0.1, 0.15) is 16.9 Å². The van der Waals surface area contributed by atoms with Gasteiger partial charge in [-0.1, -0.05) is 30.3 Å². The van der Waals surface area contributed by atoms with E-state index in [0.717, 1.165) is 10.8 Å². The second-order valence-corrected chi connectivity index (χ2v) is 4.00. The average molecular weight is 226 g/mol. The summed E-state index contributed by atoms with van der Waals surface area (Å²) in [5.74, 6) is -0.499. The molecule has 0 aliphatic heterocycles. The van der Waals surface area contributed by atoms with Crippen LogP contribution in [0.3, 0.4) is 0 Å². The number of aryl methyl sites for hydroxylation is 1. The number of carbonyl (C=O) groups is 1. The third kappa shape index (κ3) is 1.32. The minimum atomic E-state index is -0.947. The molecular weight excluding hydrogens is 216 g/mol. The molecule has 2 aromatic carbocycles. The molecule has 0 aliphatic carbocycles. The van der Waals surface area contributed by atoms with Crippen LogP contribution < -0.4 is 0 Å². The summed E-state index contributed by atoms with van der Waals surface area (Å²) < 4.78 is 5.49. The molecule has 0 fully saturated rings. The van der Waals surface area contributed by atoms with Crippen LogP contribution >= 0.6 is 0 Å². The summed E-state index contributed by atoms with van der Waals surface area (Å²) in [5, 5.41) is 11.9. The van der Waals surface area contributed by atoms with Crippen LogP contribution in [0.4, 0.5) is 0 Å². The van der Waals surface area contributed by atoms with Crippen LogP contribution in [0, 0.1) is 6.92 Å². The molecule has 0 spiro atoms. The molecule has 1 heterocycles. The second kappa shape index (κ2) is 3.35. The fraction of sp³-hybridized carbons (Fsp3) is 0.0714. The number of benzene rings is 2. The Kier molecular flexibility index (Phi) is 1.95. The van der Waals surface area contributed by atoms with E-state index in [2.05, 4.69) is 0 Å². The van der Waals surface area contributed by atoms with Gasteiger partial charge in [-0.3, -0.25) is 0 Å². The van der Waals surface area contributed by atoms with E-state index in [9.17, 15) is 9.90 Å². The molecule has 3 aromatic rings. The summed E-state index contributed by atoms with van der Waals surface area (Å²) in [4.78, 5) is 11.3. The van der Waals surface area contributed by atoms with Crippen molar-refractivity contribution in [2.75, 3.05) is 0 Å². The first-order chi connectivity index (χ1) is 8.18. The van der Waals surface area contributed by atoms with Crippen LogP contribution in [-0.2, 0) is 0 Å². The maximum absolute atomic E-state index is 11.3. The predicted octanol–water partition coefficient (Wildman–Crippen LogP) is 3.59. The molecule has 0 unspecified atom stereocenters. The lowest BCUT2D eigenvalue weighted by atomic mass is 10.0. The average Bonchev–Trinajstić information content (AvgIpc) is 2.65. The van der Waals surface area contributed by atoms with E-state index < -0.39 is 5.97 Å². The van der Waals surface area contributed by atoms with Gasteiger partial charge in [-0.2, -0.15) is 0 Å². The molecule has 1 N–H and O–H groups in total. The molecule has 0 bridgehead atoms. The quantitative estimate of drug-likeness (QED) is 0.689. The van der Waals surface area contributed by atoms with Crippen molar-refractivity contribution in [1.82, 2.24) is 0 Å². The molecule has 0 amide bonds. The van der Waals surface area contributed by atoms with Gasteiger partial charge >= 0.3 is 5.97 Å². The molecule has 3 nitrogen and oxygen atoms in total. The molecular formula is C14H10O3. The van der Waals surface area contributed by atoms with Crippen molar-refractivity contribution in [3.63, 3.8) is 0 Å². The van der Waals surface area contributed by atoms with E-state index in [0.29, 0.717) is 16.7 Å². The summed E-state index contributed by atoms with van der Waals surface area (Å²) in [6, 6.07) is 11.5. The van der Waals surface area contributed by atoms with Gasteiger partial charge < -0.3 is 9.52 Å². The van der Waals surface area contributed by atoms with E-state index in [4.69, 9.17) is 4.42 Å². The molecule has 0 saturated carbocycles. The molecule has 0 radical (unpaired) electrons. The van der Waals surface area contributed by atoms with Crippen LogP contribution in [0.2, 0.25) is 0 Å². The van der Waals surface area contributed by atoms with Gasteiger partial charge in [0.05, 0.1) is 0 Å². The van der Waals surface area contributed by atoms with Gasteiger partial charge in [-0.25, -0.2) is 4.79 Å². The molecule has 84 valence electrons. The predicted molar refractivity (Wildman–Crippen MR) is 65.4 cm³/mol. The number of hydrogen-bond acceptors (Lipinski definition) is 2. The first-order valence-corrected chi connectivity index (χ1v) is 5.32. The Balaban J connectivity index is 2.60. The highest BCUT2D eigenvalue weighted by Crippen LogP contribution is 2.32. The summed E-state index contributed by atoms with van der Waals surface area (Å²) >= 11 is 0. The molecule has 3 rings (SSSR count). The van der Waals surface area contributed by atoms with Crippen molar-refractivity contribution in [3.8, 4) is 0 Å². The van der Waals surface area contributed by atoms with Crippen LogP contribution in [0.15, 0.2) is 40.8 Å². The first kappa shape index (κ1) is 9.90. The number of carboxylic acid groups (broad SMARTS) is 1. The smallest absolute Gasteiger partial charge is 0.339 e. The van der Waals surface area contributed by atoms with Gasteiger partial charge in [-0.05, 0) is 23.8 Å². The second-order valence-electron chi connectivity index (χ2n) is 4.00. The number of rotatable bonds is 1. The third-order valence-corrected chi connectivity index (χ3v) is 2.97. The Hall–Kier alpha value is -2.29. The maximum Gasteiger partial charge on any atom is 0.339 e. The van der Waals surface area contributed by atoms with E-state index >= 15 is 0 Å². The number of furan rings is 1. The van der Waals surface area contributed by atoms with Crippen LogP contribution in [-0.4, -0.2) is 11.1 Å². The minimum Gasteiger partial charge on any atom is -0.478 e. The fourth-order valence-corrected chi connectivity index (χ4v) is 2.24. The third-order valence-electron chi connectivity index (χ3n) is 2.97. The molecule has 0 aliphatic rings. The van der Waals surface area contributed by atoms with Crippen molar-refractivity contribution >= 4 is 27.7 Å². The zero-order chi connectivity index (χ0) is 12.0. The lowest BCUT2D eigenvalue weighted by Gasteiger charge is -1.99.